The molecule has 0 amide bonds. The zero-order chi connectivity index (χ0) is 15.2. The molecule has 5 heteroatoms. The lowest BCUT2D eigenvalue weighted by Gasteiger charge is -2.09. The van der Waals surface area contributed by atoms with E-state index in [-0.39, 0.29) is 12.4 Å². The van der Waals surface area contributed by atoms with Crippen LogP contribution in [0.1, 0.15) is 10.4 Å². The minimum Gasteiger partial charge on any atom is -0.497 e. The van der Waals surface area contributed by atoms with Crippen LogP contribution in [0.3, 0.4) is 0 Å². The molecule has 0 bridgehead atoms. The number of ketones is 1. The van der Waals surface area contributed by atoms with Gasteiger partial charge in [0.25, 0.3) is 0 Å². The number of halogens is 1. The number of rotatable bonds is 6. The van der Waals surface area contributed by atoms with E-state index in [9.17, 15) is 4.79 Å². The molecule has 0 aliphatic heterocycles. The number of hydrogen-bond acceptors (Lipinski definition) is 4. The molecule has 3 nitrogen and oxygen atoms in total. The Labute approximate surface area is 136 Å². The molecular formula is C16H15BrO3S. The second-order valence-electron chi connectivity index (χ2n) is 4.24. The third-order valence-corrected chi connectivity index (χ3v) is 4.27. The van der Waals surface area contributed by atoms with E-state index >= 15 is 0 Å². The predicted octanol–water partition coefficient (Wildman–Crippen LogP) is 4.44. The number of carbonyl (C=O) groups is 1. The van der Waals surface area contributed by atoms with E-state index in [0.29, 0.717) is 11.3 Å². The van der Waals surface area contributed by atoms with Crippen molar-refractivity contribution in [2.24, 2.45) is 0 Å². The van der Waals surface area contributed by atoms with Crippen LogP contribution >= 0.6 is 27.7 Å². The van der Waals surface area contributed by atoms with Crippen LogP contribution in [0.15, 0.2) is 51.8 Å². The van der Waals surface area contributed by atoms with Crippen LogP contribution in [-0.2, 0) is 0 Å². The molecule has 0 radical (unpaired) electrons. The van der Waals surface area contributed by atoms with Gasteiger partial charge in [0.15, 0.2) is 12.4 Å². The summed E-state index contributed by atoms with van der Waals surface area (Å²) in [4.78, 5) is 13.2. The fraction of sp³-hybridized carbons (Fsp3) is 0.188. The van der Waals surface area contributed by atoms with Gasteiger partial charge >= 0.3 is 0 Å². The first kappa shape index (κ1) is 15.9. The van der Waals surface area contributed by atoms with E-state index in [4.69, 9.17) is 9.47 Å². The number of thioether (sulfide) groups is 1. The Hall–Kier alpha value is -1.46. The third-order valence-electron chi connectivity index (χ3n) is 2.91. The van der Waals surface area contributed by atoms with Crippen molar-refractivity contribution in [2.75, 3.05) is 20.0 Å². The van der Waals surface area contributed by atoms with Crippen molar-refractivity contribution >= 4 is 33.5 Å². The van der Waals surface area contributed by atoms with E-state index in [0.717, 1.165) is 15.1 Å². The predicted molar refractivity (Wildman–Crippen MR) is 88.7 cm³/mol. The molecule has 2 aromatic rings. The van der Waals surface area contributed by atoms with E-state index in [2.05, 4.69) is 15.9 Å². The molecule has 2 aromatic carbocycles. The molecule has 0 unspecified atom stereocenters. The Bertz CT molecular complexity index is 626. The summed E-state index contributed by atoms with van der Waals surface area (Å²) in [5, 5.41) is 0. The summed E-state index contributed by atoms with van der Waals surface area (Å²) >= 11 is 5.04. The van der Waals surface area contributed by atoms with Crippen molar-refractivity contribution in [1.29, 1.82) is 0 Å². The van der Waals surface area contributed by atoms with Crippen LogP contribution in [0.2, 0.25) is 0 Å². The monoisotopic (exact) mass is 366 g/mol. The summed E-state index contributed by atoms with van der Waals surface area (Å²) in [6.45, 7) is 0.00352. The van der Waals surface area contributed by atoms with E-state index in [1.165, 1.54) is 0 Å². The standard InChI is InChI=1S/C16H15BrO3S/c1-19-12-5-8-16(14(17)9-12)20-10-15(18)11-3-6-13(21-2)7-4-11/h3-9H,10H2,1-2H3. The van der Waals surface area contributed by atoms with Crippen molar-refractivity contribution in [3.8, 4) is 11.5 Å². The Balaban J connectivity index is 2.00. The van der Waals surface area contributed by atoms with Gasteiger partial charge in [-0.3, -0.25) is 4.79 Å². The maximum atomic E-state index is 12.1. The van der Waals surface area contributed by atoms with Crippen LogP contribution in [0.5, 0.6) is 11.5 Å². The molecule has 0 saturated heterocycles. The number of carbonyl (C=O) groups excluding carboxylic acids is 1. The largest absolute Gasteiger partial charge is 0.497 e. The fourth-order valence-electron chi connectivity index (χ4n) is 1.73. The summed E-state index contributed by atoms with van der Waals surface area (Å²) < 4.78 is 11.4. The Morgan fingerprint density at radius 3 is 2.48 bits per heavy atom. The van der Waals surface area contributed by atoms with Crippen LogP contribution in [-0.4, -0.2) is 25.8 Å². The molecule has 0 heterocycles. The average Bonchev–Trinajstić information content (AvgIpc) is 2.53. The summed E-state index contributed by atoms with van der Waals surface area (Å²) in [6.07, 6.45) is 2.00. The van der Waals surface area contributed by atoms with Crippen molar-refractivity contribution in [3.05, 3.63) is 52.5 Å². The van der Waals surface area contributed by atoms with Crippen molar-refractivity contribution in [3.63, 3.8) is 0 Å². The summed E-state index contributed by atoms with van der Waals surface area (Å²) in [5.74, 6) is 1.29. The molecule has 0 aliphatic carbocycles. The fourth-order valence-corrected chi connectivity index (χ4v) is 2.61. The van der Waals surface area contributed by atoms with Crippen LogP contribution < -0.4 is 9.47 Å². The molecule has 0 atom stereocenters. The van der Waals surface area contributed by atoms with Gasteiger partial charge in [-0.1, -0.05) is 12.1 Å². The number of hydrogen-bond donors (Lipinski definition) is 0. The maximum absolute atomic E-state index is 12.1. The van der Waals surface area contributed by atoms with Gasteiger partial charge in [-0.15, -0.1) is 11.8 Å². The molecule has 0 spiro atoms. The van der Waals surface area contributed by atoms with E-state index < -0.39 is 0 Å². The molecule has 0 N–H and O–H groups in total. The number of methoxy groups -OCH3 is 1. The molecular weight excluding hydrogens is 352 g/mol. The van der Waals surface area contributed by atoms with Gasteiger partial charge in [-0.25, -0.2) is 0 Å². The molecule has 0 fully saturated rings. The lowest BCUT2D eigenvalue weighted by atomic mass is 10.1. The summed E-state index contributed by atoms with van der Waals surface area (Å²) in [5.41, 5.74) is 0.650. The molecule has 0 aromatic heterocycles. The quantitative estimate of drug-likeness (QED) is 0.559. The smallest absolute Gasteiger partial charge is 0.200 e. The molecule has 110 valence electrons. The zero-order valence-electron chi connectivity index (χ0n) is 11.8. The lowest BCUT2D eigenvalue weighted by Crippen LogP contribution is -2.11. The Morgan fingerprint density at radius 2 is 1.90 bits per heavy atom. The number of Topliss-reactive ketones (excluding diaryl/α,β-unsaturated/α-hetero) is 1. The topological polar surface area (TPSA) is 35.5 Å². The van der Waals surface area contributed by atoms with Gasteiger partial charge < -0.3 is 9.47 Å². The van der Waals surface area contributed by atoms with Gasteiger partial charge in [0.2, 0.25) is 0 Å². The van der Waals surface area contributed by atoms with Crippen LogP contribution in [0.4, 0.5) is 0 Å². The minimum atomic E-state index is -0.0506. The van der Waals surface area contributed by atoms with Crippen molar-refractivity contribution < 1.29 is 14.3 Å². The van der Waals surface area contributed by atoms with Crippen LogP contribution in [0.25, 0.3) is 0 Å². The first-order valence-electron chi connectivity index (χ1n) is 6.27. The highest BCUT2D eigenvalue weighted by Gasteiger charge is 2.09. The number of benzene rings is 2. The van der Waals surface area contributed by atoms with Crippen molar-refractivity contribution in [1.82, 2.24) is 0 Å². The van der Waals surface area contributed by atoms with E-state index in [1.807, 2.05) is 30.5 Å². The van der Waals surface area contributed by atoms with Gasteiger partial charge in [0.05, 0.1) is 11.6 Å². The highest BCUT2D eigenvalue weighted by Crippen LogP contribution is 2.29. The number of ether oxygens (including phenoxy) is 2. The molecule has 0 aliphatic rings. The van der Waals surface area contributed by atoms with Gasteiger partial charge in [-0.2, -0.15) is 0 Å². The second kappa shape index (κ2) is 7.52. The molecule has 21 heavy (non-hydrogen) atoms. The van der Waals surface area contributed by atoms with E-state index in [1.54, 1.807) is 37.1 Å². The maximum Gasteiger partial charge on any atom is 0.200 e. The van der Waals surface area contributed by atoms with Gasteiger partial charge in [0, 0.05) is 10.5 Å². The normalized spacial score (nSPS) is 10.2. The third kappa shape index (κ3) is 4.25. The Kier molecular flexibility index (Phi) is 5.70. The van der Waals surface area contributed by atoms with Gasteiger partial charge in [0.1, 0.15) is 11.5 Å². The summed E-state index contributed by atoms with van der Waals surface area (Å²) in [7, 11) is 1.60. The SMILES string of the molecule is COc1ccc(OCC(=O)c2ccc(SC)cc2)c(Br)c1. The Morgan fingerprint density at radius 1 is 1.19 bits per heavy atom. The highest BCUT2D eigenvalue weighted by atomic mass is 79.9. The highest BCUT2D eigenvalue weighted by molar-refractivity contribution is 9.10. The first-order valence-corrected chi connectivity index (χ1v) is 8.29. The molecule has 0 saturated carbocycles. The zero-order valence-corrected chi connectivity index (χ0v) is 14.2. The second-order valence-corrected chi connectivity index (χ2v) is 5.97. The first-order chi connectivity index (χ1) is 10.1. The molecule has 2 rings (SSSR count). The summed E-state index contributed by atoms with van der Waals surface area (Å²) in [6, 6.07) is 12.9. The lowest BCUT2D eigenvalue weighted by molar-refractivity contribution is 0.0921. The van der Waals surface area contributed by atoms with Gasteiger partial charge in [-0.05, 0) is 52.5 Å². The average molecular weight is 367 g/mol. The van der Waals surface area contributed by atoms with Crippen LogP contribution in [0, 0.1) is 0 Å². The van der Waals surface area contributed by atoms with Crippen molar-refractivity contribution in [2.45, 2.75) is 4.90 Å². The minimum absolute atomic E-state index is 0.00352.